The monoisotopic (exact) mass is 114 g/mol. The van der Waals surface area contributed by atoms with Crippen molar-refractivity contribution in [3.63, 3.8) is 0 Å². The number of aliphatic hydroxyl groups excluding tert-OH is 1. The molecular weight excluding hydrogens is 100 g/mol. The standard InChI is InChI=1S/C7H14O/c1-6(2)7(3)4-5-8/h7-8H,1,4-5H2,2-3H3. The highest BCUT2D eigenvalue weighted by Crippen LogP contribution is 2.09. The van der Waals surface area contributed by atoms with Gasteiger partial charge in [-0.2, -0.15) is 0 Å². The summed E-state index contributed by atoms with van der Waals surface area (Å²) in [5, 5.41) is 8.44. The zero-order valence-corrected chi connectivity index (χ0v) is 5.65. The van der Waals surface area contributed by atoms with E-state index in [0.717, 1.165) is 12.0 Å². The van der Waals surface area contributed by atoms with Crippen LogP contribution in [0.5, 0.6) is 0 Å². The second-order valence-corrected chi connectivity index (χ2v) is 2.26. The van der Waals surface area contributed by atoms with Gasteiger partial charge in [0, 0.05) is 6.61 Å². The van der Waals surface area contributed by atoms with Crippen molar-refractivity contribution in [3.8, 4) is 0 Å². The van der Waals surface area contributed by atoms with Crippen molar-refractivity contribution in [2.45, 2.75) is 20.3 Å². The highest BCUT2D eigenvalue weighted by molar-refractivity contribution is 4.93. The Morgan fingerprint density at radius 1 is 1.75 bits per heavy atom. The van der Waals surface area contributed by atoms with Crippen LogP contribution >= 0.6 is 0 Å². The molecule has 0 amide bonds. The zero-order valence-electron chi connectivity index (χ0n) is 5.65. The molecule has 1 atom stereocenters. The Bertz CT molecular complexity index is 76.5. The van der Waals surface area contributed by atoms with Crippen molar-refractivity contribution >= 4 is 0 Å². The van der Waals surface area contributed by atoms with E-state index in [4.69, 9.17) is 5.11 Å². The van der Waals surface area contributed by atoms with Gasteiger partial charge in [-0.1, -0.05) is 19.1 Å². The van der Waals surface area contributed by atoms with Gasteiger partial charge in [0.05, 0.1) is 0 Å². The van der Waals surface area contributed by atoms with Crippen LogP contribution in [0, 0.1) is 5.92 Å². The molecule has 0 fully saturated rings. The molecule has 0 radical (unpaired) electrons. The van der Waals surface area contributed by atoms with Gasteiger partial charge in [-0.15, -0.1) is 0 Å². The van der Waals surface area contributed by atoms with Gasteiger partial charge in [0.15, 0.2) is 0 Å². The van der Waals surface area contributed by atoms with Crippen LogP contribution in [0.1, 0.15) is 20.3 Å². The minimum absolute atomic E-state index is 0.272. The first kappa shape index (κ1) is 7.70. The van der Waals surface area contributed by atoms with Gasteiger partial charge in [0.1, 0.15) is 0 Å². The van der Waals surface area contributed by atoms with E-state index in [9.17, 15) is 0 Å². The lowest BCUT2D eigenvalue weighted by atomic mass is 10.0. The number of allylic oxidation sites excluding steroid dienone is 1. The van der Waals surface area contributed by atoms with Crippen LogP contribution in [-0.2, 0) is 0 Å². The molecule has 0 saturated heterocycles. The SMILES string of the molecule is C=C(C)C(C)CCO. The fourth-order valence-electron chi connectivity index (χ4n) is 0.440. The van der Waals surface area contributed by atoms with Crippen LogP contribution in [0.25, 0.3) is 0 Å². The van der Waals surface area contributed by atoms with Crippen LogP contribution < -0.4 is 0 Å². The fourth-order valence-corrected chi connectivity index (χ4v) is 0.440. The molecule has 1 unspecified atom stereocenters. The maximum absolute atomic E-state index is 8.44. The molecule has 1 N–H and O–H groups in total. The van der Waals surface area contributed by atoms with Crippen LogP contribution in [0.2, 0.25) is 0 Å². The summed E-state index contributed by atoms with van der Waals surface area (Å²) >= 11 is 0. The Hall–Kier alpha value is -0.300. The van der Waals surface area contributed by atoms with Crippen LogP contribution in [0.3, 0.4) is 0 Å². The molecule has 1 heteroatoms. The summed E-state index contributed by atoms with van der Waals surface area (Å²) in [4.78, 5) is 0. The Morgan fingerprint density at radius 3 is 2.38 bits per heavy atom. The average molecular weight is 114 g/mol. The summed E-state index contributed by atoms with van der Waals surface area (Å²) in [6.45, 7) is 8.09. The predicted molar refractivity (Wildman–Crippen MR) is 35.7 cm³/mol. The van der Waals surface area contributed by atoms with Gasteiger partial charge in [0.25, 0.3) is 0 Å². The molecule has 0 heterocycles. The molecule has 48 valence electrons. The lowest BCUT2D eigenvalue weighted by Crippen LogP contribution is -1.97. The summed E-state index contributed by atoms with van der Waals surface area (Å²) in [6, 6.07) is 0. The maximum atomic E-state index is 8.44. The Balaban J connectivity index is 3.32. The van der Waals surface area contributed by atoms with E-state index in [0.29, 0.717) is 5.92 Å². The van der Waals surface area contributed by atoms with E-state index in [1.807, 2.05) is 6.92 Å². The highest BCUT2D eigenvalue weighted by atomic mass is 16.2. The highest BCUT2D eigenvalue weighted by Gasteiger charge is 1.98. The second kappa shape index (κ2) is 3.67. The molecule has 1 nitrogen and oxygen atoms in total. The van der Waals surface area contributed by atoms with Gasteiger partial charge in [-0.25, -0.2) is 0 Å². The van der Waals surface area contributed by atoms with Crippen LogP contribution in [0.15, 0.2) is 12.2 Å². The van der Waals surface area contributed by atoms with E-state index in [1.165, 1.54) is 0 Å². The number of rotatable bonds is 3. The van der Waals surface area contributed by atoms with E-state index >= 15 is 0 Å². The summed E-state index contributed by atoms with van der Waals surface area (Å²) in [6.07, 6.45) is 0.843. The minimum Gasteiger partial charge on any atom is -0.396 e. The van der Waals surface area contributed by atoms with Crippen molar-refractivity contribution < 1.29 is 5.11 Å². The van der Waals surface area contributed by atoms with Crippen molar-refractivity contribution in [2.24, 2.45) is 5.92 Å². The fraction of sp³-hybridized carbons (Fsp3) is 0.714. The van der Waals surface area contributed by atoms with E-state index in [1.54, 1.807) is 0 Å². The summed E-state index contributed by atoms with van der Waals surface area (Å²) in [5.74, 6) is 0.472. The zero-order chi connectivity index (χ0) is 6.57. The molecule has 0 aliphatic carbocycles. The minimum atomic E-state index is 0.272. The van der Waals surface area contributed by atoms with Crippen LogP contribution in [-0.4, -0.2) is 11.7 Å². The first-order valence-electron chi connectivity index (χ1n) is 2.94. The first-order chi connectivity index (χ1) is 3.68. The van der Waals surface area contributed by atoms with Crippen molar-refractivity contribution in [1.29, 1.82) is 0 Å². The quantitative estimate of drug-likeness (QED) is 0.552. The summed E-state index contributed by atoms with van der Waals surface area (Å²) in [7, 11) is 0. The Labute approximate surface area is 51.0 Å². The molecule has 0 aromatic rings. The van der Waals surface area contributed by atoms with Gasteiger partial charge >= 0.3 is 0 Å². The predicted octanol–water partition coefficient (Wildman–Crippen LogP) is 1.58. The summed E-state index contributed by atoms with van der Waals surface area (Å²) in [5.41, 5.74) is 1.15. The molecule has 0 bridgehead atoms. The molecule has 0 rings (SSSR count). The number of hydrogen-bond acceptors (Lipinski definition) is 1. The third kappa shape index (κ3) is 2.80. The third-order valence-corrected chi connectivity index (χ3v) is 1.40. The van der Waals surface area contributed by atoms with Crippen molar-refractivity contribution in [2.75, 3.05) is 6.61 Å². The third-order valence-electron chi connectivity index (χ3n) is 1.40. The second-order valence-electron chi connectivity index (χ2n) is 2.26. The van der Waals surface area contributed by atoms with Gasteiger partial charge in [-0.05, 0) is 19.3 Å². The molecule has 0 saturated carbocycles. The maximum Gasteiger partial charge on any atom is 0.0436 e. The molecule has 0 aromatic carbocycles. The normalized spacial score (nSPS) is 13.4. The van der Waals surface area contributed by atoms with Gasteiger partial charge in [-0.3, -0.25) is 0 Å². The lowest BCUT2D eigenvalue weighted by molar-refractivity contribution is 0.271. The number of aliphatic hydroxyl groups is 1. The van der Waals surface area contributed by atoms with E-state index < -0.39 is 0 Å². The van der Waals surface area contributed by atoms with Crippen LogP contribution in [0.4, 0.5) is 0 Å². The van der Waals surface area contributed by atoms with Crippen molar-refractivity contribution in [3.05, 3.63) is 12.2 Å². The molecule has 0 aliphatic rings. The largest absolute Gasteiger partial charge is 0.396 e. The lowest BCUT2D eigenvalue weighted by Gasteiger charge is -2.06. The Morgan fingerprint density at radius 2 is 2.25 bits per heavy atom. The summed E-state index contributed by atoms with van der Waals surface area (Å²) < 4.78 is 0. The molecule has 8 heavy (non-hydrogen) atoms. The van der Waals surface area contributed by atoms with Crippen molar-refractivity contribution in [1.82, 2.24) is 0 Å². The van der Waals surface area contributed by atoms with Gasteiger partial charge in [0.2, 0.25) is 0 Å². The molecule has 0 spiro atoms. The van der Waals surface area contributed by atoms with Gasteiger partial charge < -0.3 is 5.11 Å². The molecule has 0 aromatic heterocycles. The first-order valence-corrected chi connectivity index (χ1v) is 2.94. The average Bonchev–Trinajstić information content (AvgIpc) is 1.67. The molecular formula is C7H14O. The topological polar surface area (TPSA) is 20.2 Å². The molecule has 0 aliphatic heterocycles. The Kier molecular flexibility index (Phi) is 3.53. The smallest absolute Gasteiger partial charge is 0.0436 e. The van der Waals surface area contributed by atoms with E-state index in [-0.39, 0.29) is 6.61 Å². The number of hydrogen-bond donors (Lipinski definition) is 1. The van der Waals surface area contributed by atoms with E-state index in [2.05, 4.69) is 13.5 Å².